The molecule has 0 fully saturated rings. The maximum absolute atomic E-state index is 11.9. The molecule has 1 atom stereocenters. The summed E-state index contributed by atoms with van der Waals surface area (Å²) in [5.41, 5.74) is 0. The van der Waals surface area contributed by atoms with Crippen LogP contribution in [0.25, 0.3) is 0 Å². The Morgan fingerprint density at radius 1 is 1.38 bits per heavy atom. The van der Waals surface area contributed by atoms with E-state index in [1.165, 1.54) is 0 Å². The van der Waals surface area contributed by atoms with E-state index >= 15 is 0 Å². The van der Waals surface area contributed by atoms with Gasteiger partial charge in [0, 0.05) is 12.0 Å². The highest BCUT2D eigenvalue weighted by Gasteiger charge is 2.17. The lowest BCUT2D eigenvalue weighted by Gasteiger charge is -2.12. The van der Waals surface area contributed by atoms with Gasteiger partial charge in [0.15, 0.2) is 0 Å². The SMILES string of the molecule is CC[CH]OP(C)(=O)c1ccccc1. The molecule has 1 radical (unpaired) electrons. The van der Waals surface area contributed by atoms with E-state index in [1.807, 2.05) is 37.3 Å². The summed E-state index contributed by atoms with van der Waals surface area (Å²) in [6.07, 6.45) is 0.769. The first-order valence-electron chi connectivity index (χ1n) is 4.30. The molecule has 0 aliphatic heterocycles. The molecule has 0 aliphatic rings. The highest BCUT2D eigenvalue weighted by atomic mass is 31.2. The maximum Gasteiger partial charge on any atom is 0.229 e. The monoisotopic (exact) mass is 197 g/mol. The van der Waals surface area contributed by atoms with Crippen molar-refractivity contribution >= 4 is 12.7 Å². The van der Waals surface area contributed by atoms with Crippen LogP contribution in [0.1, 0.15) is 13.3 Å². The smallest absolute Gasteiger partial charge is 0.229 e. The lowest BCUT2D eigenvalue weighted by molar-refractivity contribution is 0.394. The van der Waals surface area contributed by atoms with Gasteiger partial charge in [-0.3, -0.25) is 4.57 Å². The van der Waals surface area contributed by atoms with E-state index in [2.05, 4.69) is 0 Å². The molecule has 0 saturated carbocycles. The Labute approximate surface area is 79.4 Å². The second kappa shape index (κ2) is 4.59. The second-order valence-corrected chi connectivity index (χ2v) is 5.28. The summed E-state index contributed by atoms with van der Waals surface area (Å²) in [6, 6.07) is 9.27. The van der Waals surface area contributed by atoms with E-state index in [0.717, 1.165) is 11.7 Å². The number of rotatable bonds is 4. The molecule has 0 aromatic heterocycles. The topological polar surface area (TPSA) is 26.3 Å². The van der Waals surface area contributed by atoms with Gasteiger partial charge in [-0.15, -0.1) is 0 Å². The van der Waals surface area contributed by atoms with Crippen molar-refractivity contribution in [1.82, 2.24) is 0 Å². The van der Waals surface area contributed by atoms with Crippen molar-refractivity contribution in [3.8, 4) is 0 Å². The van der Waals surface area contributed by atoms with Crippen LogP contribution in [-0.2, 0) is 9.09 Å². The molecule has 0 aliphatic carbocycles. The average Bonchev–Trinajstić information content (AvgIpc) is 2.16. The molecular weight excluding hydrogens is 183 g/mol. The quantitative estimate of drug-likeness (QED) is 0.694. The Bertz CT molecular complexity index is 295. The van der Waals surface area contributed by atoms with Crippen LogP contribution in [0.2, 0.25) is 0 Å². The van der Waals surface area contributed by atoms with Crippen LogP contribution in [-0.4, -0.2) is 6.66 Å². The molecule has 1 unspecified atom stereocenters. The number of hydrogen-bond acceptors (Lipinski definition) is 2. The van der Waals surface area contributed by atoms with E-state index in [1.54, 1.807) is 13.3 Å². The molecule has 0 amide bonds. The molecule has 0 N–H and O–H groups in total. The standard InChI is InChI=1S/C10H14O2P/c1-3-9-12-13(2,11)10-7-5-4-6-8-10/h4-9H,3H2,1-2H3. The lowest BCUT2D eigenvalue weighted by atomic mass is 10.4. The third-order valence-corrected chi connectivity index (χ3v) is 3.46. The normalized spacial score (nSPS) is 15.2. The van der Waals surface area contributed by atoms with Crippen LogP contribution in [0.15, 0.2) is 30.3 Å². The molecule has 13 heavy (non-hydrogen) atoms. The summed E-state index contributed by atoms with van der Waals surface area (Å²) >= 11 is 0. The van der Waals surface area contributed by atoms with Gasteiger partial charge in [0.1, 0.15) is 0 Å². The fourth-order valence-electron chi connectivity index (χ4n) is 0.976. The van der Waals surface area contributed by atoms with Gasteiger partial charge in [-0.05, 0) is 18.6 Å². The van der Waals surface area contributed by atoms with Crippen molar-refractivity contribution in [2.45, 2.75) is 13.3 Å². The van der Waals surface area contributed by atoms with E-state index in [9.17, 15) is 4.57 Å². The molecule has 71 valence electrons. The Hall–Kier alpha value is -0.590. The van der Waals surface area contributed by atoms with Crippen molar-refractivity contribution < 1.29 is 9.09 Å². The van der Waals surface area contributed by atoms with Crippen molar-refractivity contribution in [1.29, 1.82) is 0 Å². The molecule has 1 aromatic rings. The minimum atomic E-state index is -2.62. The molecular formula is C10H14O2P. The Morgan fingerprint density at radius 3 is 2.54 bits per heavy atom. The summed E-state index contributed by atoms with van der Waals surface area (Å²) in [6.45, 7) is 5.17. The zero-order valence-electron chi connectivity index (χ0n) is 7.93. The van der Waals surface area contributed by atoms with Crippen LogP contribution in [0.3, 0.4) is 0 Å². The van der Waals surface area contributed by atoms with Crippen molar-refractivity contribution in [3.63, 3.8) is 0 Å². The number of hydrogen-bond donors (Lipinski definition) is 0. The minimum Gasteiger partial charge on any atom is -0.319 e. The first-order valence-corrected chi connectivity index (χ1v) is 6.37. The minimum absolute atomic E-state index is 0.764. The van der Waals surface area contributed by atoms with Crippen LogP contribution in [0, 0.1) is 6.61 Å². The van der Waals surface area contributed by atoms with Gasteiger partial charge in [-0.1, -0.05) is 25.1 Å². The van der Waals surface area contributed by atoms with Crippen LogP contribution in [0.4, 0.5) is 0 Å². The van der Waals surface area contributed by atoms with Crippen molar-refractivity contribution in [2.75, 3.05) is 6.66 Å². The van der Waals surface area contributed by atoms with Crippen LogP contribution in [0.5, 0.6) is 0 Å². The first kappa shape index (κ1) is 10.5. The summed E-state index contributed by atoms with van der Waals surface area (Å²) in [4.78, 5) is 0. The predicted octanol–water partition coefficient (Wildman–Crippen LogP) is 2.81. The molecule has 0 spiro atoms. The molecule has 3 heteroatoms. The predicted molar refractivity (Wildman–Crippen MR) is 55.3 cm³/mol. The Morgan fingerprint density at radius 2 is 2.00 bits per heavy atom. The van der Waals surface area contributed by atoms with Gasteiger partial charge in [0.2, 0.25) is 7.37 Å². The molecule has 1 rings (SSSR count). The van der Waals surface area contributed by atoms with Gasteiger partial charge in [-0.2, -0.15) is 0 Å². The third kappa shape index (κ3) is 2.98. The maximum atomic E-state index is 11.9. The zero-order chi connectivity index (χ0) is 9.73. The van der Waals surface area contributed by atoms with Crippen LogP contribution >= 0.6 is 7.37 Å². The van der Waals surface area contributed by atoms with Crippen molar-refractivity contribution in [2.24, 2.45) is 0 Å². The van der Waals surface area contributed by atoms with Gasteiger partial charge in [-0.25, -0.2) is 0 Å². The first-order chi connectivity index (χ1) is 6.17. The molecule has 0 heterocycles. The summed E-state index contributed by atoms with van der Waals surface area (Å²) in [7, 11) is -2.62. The summed E-state index contributed by atoms with van der Waals surface area (Å²) in [5.74, 6) is 0. The molecule has 1 aromatic carbocycles. The van der Waals surface area contributed by atoms with Gasteiger partial charge < -0.3 is 4.52 Å². The largest absolute Gasteiger partial charge is 0.319 e. The van der Waals surface area contributed by atoms with E-state index in [4.69, 9.17) is 4.52 Å². The zero-order valence-corrected chi connectivity index (χ0v) is 8.83. The summed E-state index contributed by atoms with van der Waals surface area (Å²) < 4.78 is 17.1. The second-order valence-electron chi connectivity index (χ2n) is 2.86. The van der Waals surface area contributed by atoms with Gasteiger partial charge in [0.05, 0.1) is 6.61 Å². The van der Waals surface area contributed by atoms with E-state index in [-0.39, 0.29) is 0 Å². The fourth-order valence-corrected chi connectivity index (χ4v) is 2.25. The third-order valence-electron chi connectivity index (χ3n) is 1.67. The fraction of sp³-hybridized carbons (Fsp3) is 0.300. The van der Waals surface area contributed by atoms with Gasteiger partial charge >= 0.3 is 0 Å². The summed E-state index contributed by atoms with van der Waals surface area (Å²) in [5, 5.41) is 0.764. The van der Waals surface area contributed by atoms with Crippen molar-refractivity contribution in [3.05, 3.63) is 36.9 Å². The molecule has 0 bridgehead atoms. The van der Waals surface area contributed by atoms with E-state index < -0.39 is 7.37 Å². The van der Waals surface area contributed by atoms with E-state index in [0.29, 0.717) is 0 Å². The lowest BCUT2D eigenvalue weighted by Crippen LogP contribution is -2.04. The average molecular weight is 197 g/mol. The molecule has 2 nitrogen and oxygen atoms in total. The molecule has 0 saturated heterocycles. The highest BCUT2D eigenvalue weighted by Crippen LogP contribution is 2.41. The Balaban J connectivity index is 2.76. The van der Waals surface area contributed by atoms with Crippen LogP contribution < -0.4 is 5.30 Å². The van der Waals surface area contributed by atoms with Gasteiger partial charge in [0.25, 0.3) is 0 Å². The Kier molecular flexibility index (Phi) is 3.71. The number of benzene rings is 1. The highest BCUT2D eigenvalue weighted by molar-refractivity contribution is 7.66.